The van der Waals surface area contributed by atoms with Crippen molar-refractivity contribution in [1.82, 2.24) is 25.1 Å². The topological polar surface area (TPSA) is 81.9 Å². The molecule has 3 rings (SSSR count). The van der Waals surface area contributed by atoms with E-state index in [0.717, 1.165) is 0 Å². The zero-order valence-corrected chi connectivity index (χ0v) is 13.1. The van der Waals surface area contributed by atoms with Crippen LogP contribution in [0.5, 0.6) is 5.75 Å². The van der Waals surface area contributed by atoms with Crippen molar-refractivity contribution in [2.24, 2.45) is 0 Å². The first kappa shape index (κ1) is 17.4. The molecule has 1 amide bonds. The van der Waals surface area contributed by atoms with Crippen molar-refractivity contribution in [3.8, 4) is 11.6 Å². The monoisotopic (exact) mass is 363 g/mol. The molecule has 0 atom stereocenters. The average molecular weight is 363 g/mol. The molecule has 2 heterocycles. The van der Waals surface area contributed by atoms with E-state index in [1.807, 2.05) is 0 Å². The Balaban J connectivity index is 1.66. The molecule has 0 aliphatic heterocycles. The van der Waals surface area contributed by atoms with Gasteiger partial charge in [0.15, 0.2) is 0 Å². The number of alkyl halides is 3. The van der Waals surface area contributed by atoms with Crippen LogP contribution in [0, 0.1) is 0 Å². The molecule has 0 aliphatic carbocycles. The van der Waals surface area contributed by atoms with E-state index in [0.29, 0.717) is 11.4 Å². The van der Waals surface area contributed by atoms with Gasteiger partial charge in [-0.3, -0.25) is 9.36 Å². The third-order valence-electron chi connectivity index (χ3n) is 3.24. The van der Waals surface area contributed by atoms with Crippen LogP contribution in [0.15, 0.2) is 55.1 Å². The molecule has 0 spiro atoms. The second kappa shape index (κ2) is 7.21. The van der Waals surface area contributed by atoms with Gasteiger partial charge in [0.2, 0.25) is 0 Å². The quantitative estimate of drug-likeness (QED) is 0.753. The summed E-state index contributed by atoms with van der Waals surface area (Å²) in [4.78, 5) is 16.4. The van der Waals surface area contributed by atoms with Gasteiger partial charge in [0.05, 0.1) is 0 Å². The van der Waals surface area contributed by atoms with Crippen LogP contribution in [0.3, 0.4) is 0 Å². The minimum Gasteiger partial charge on any atom is -0.406 e. The van der Waals surface area contributed by atoms with Gasteiger partial charge in [0.25, 0.3) is 5.91 Å². The van der Waals surface area contributed by atoms with Gasteiger partial charge in [0, 0.05) is 6.54 Å². The van der Waals surface area contributed by atoms with Crippen LogP contribution < -0.4 is 10.1 Å². The number of carbonyl (C=O) groups is 1. The van der Waals surface area contributed by atoms with Gasteiger partial charge >= 0.3 is 6.36 Å². The van der Waals surface area contributed by atoms with E-state index in [1.54, 1.807) is 18.2 Å². The number of nitrogens with one attached hydrogen (secondary N) is 1. The Morgan fingerprint density at radius 1 is 1.12 bits per heavy atom. The van der Waals surface area contributed by atoms with Crippen LogP contribution in [0.1, 0.15) is 16.1 Å². The lowest BCUT2D eigenvalue weighted by Crippen LogP contribution is -2.24. The molecule has 0 saturated heterocycles. The van der Waals surface area contributed by atoms with Crippen molar-refractivity contribution in [3.63, 3.8) is 0 Å². The highest BCUT2D eigenvalue weighted by Crippen LogP contribution is 2.23. The molecule has 0 saturated carbocycles. The zero-order chi connectivity index (χ0) is 18.6. The van der Waals surface area contributed by atoms with Gasteiger partial charge in [-0.25, -0.2) is 4.98 Å². The summed E-state index contributed by atoms with van der Waals surface area (Å²) in [6.45, 7) is 0.0203. The van der Waals surface area contributed by atoms with E-state index in [1.165, 1.54) is 41.5 Å². The molecule has 3 aromatic rings. The largest absolute Gasteiger partial charge is 0.573 e. The average Bonchev–Trinajstić information content (AvgIpc) is 3.13. The van der Waals surface area contributed by atoms with Crippen LogP contribution >= 0.6 is 0 Å². The fourth-order valence-electron chi connectivity index (χ4n) is 2.14. The lowest BCUT2D eigenvalue weighted by Gasteiger charge is -2.10. The maximum Gasteiger partial charge on any atom is 0.573 e. The van der Waals surface area contributed by atoms with Crippen LogP contribution in [0.25, 0.3) is 5.82 Å². The van der Waals surface area contributed by atoms with E-state index >= 15 is 0 Å². The Morgan fingerprint density at radius 3 is 2.58 bits per heavy atom. The van der Waals surface area contributed by atoms with E-state index in [9.17, 15) is 18.0 Å². The Morgan fingerprint density at radius 2 is 1.85 bits per heavy atom. The van der Waals surface area contributed by atoms with Gasteiger partial charge in [-0.1, -0.05) is 18.2 Å². The highest BCUT2D eigenvalue weighted by molar-refractivity contribution is 5.92. The molecular formula is C16H12F3N5O2. The molecule has 7 nitrogen and oxygen atoms in total. The fourth-order valence-corrected chi connectivity index (χ4v) is 2.14. The highest BCUT2D eigenvalue weighted by atomic mass is 19.4. The SMILES string of the molecule is O=C(NCc1cccc(OC(F)(F)F)c1)c1cccc(-n2cnnc2)n1. The highest BCUT2D eigenvalue weighted by Gasteiger charge is 2.31. The number of rotatable bonds is 5. The number of hydrogen-bond acceptors (Lipinski definition) is 5. The van der Waals surface area contributed by atoms with Crippen molar-refractivity contribution in [2.45, 2.75) is 12.9 Å². The van der Waals surface area contributed by atoms with Crippen molar-refractivity contribution in [2.75, 3.05) is 0 Å². The smallest absolute Gasteiger partial charge is 0.406 e. The lowest BCUT2D eigenvalue weighted by atomic mass is 10.2. The zero-order valence-electron chi connectivity index (χ0n) is 13.1. The summed E-state index contributed by atoms with van der Waals surface area (Å²) in [5.74, 6) is -0.359. The maximum absolute atomic E-state index is 12.3. The maximum atomic E-state index is 12.3. The van der Waals surface area contributed by atoms with Gasteiger partial charge in [-0.05, 0) is 29.8 Å². The molecule has 0 aliphatic rings. The molecule has 134 valence electrons. The minimum atomic E-state index is -4.77. The normalized spacial score (nSPS) is 11.2. The molecule has 26 heavy (non-hydrogen) atoms. The Hall–Kier alpha value is -3.43. The molecule has 2 aromatic heterocycles. The summed E-state index contributed by atoms with van der Waals surface area (Å²) >= 11 is 0. The predicted molar refractivity (Wildman–Crippen MR) is 83.4 cm³/mol. The number of benzene rings is 1. The van der Waals surface area contributed by atoms with Crippen molar-refractivity contribution >= 4 is 5.91 Å². The first-order valence-electron chi connectivity index (χ1n) is 7.36. The summed E-state index contributed by atoms with van der Waals surface area (Å²) in [6.07, 6.45) is -1.89. The number of hydrogen-bond donors (Lipinski definition) is 1. The summed E-state index contributed by atoms with van der Waals surface area (Å²) in [7, 11) is 0. The molecule has 0 unspecified atom stereocenters. The number of amides is 1. The van der Waals surface area contributed by atoms with Crippen molar-refractivity contribution < 1.29 is 22.7 Å². The summed E-state index contributed by atoms with van der Waals surface area (Å²) in [6, 6.07) is 10.2. The summed E-state index contributed by atoms with van der Waals surface area (Å²) < 4.78 is 42.1. The fraction of sp³-hybridized carbons (Fsp3) is 0.125. The second-order valence-electron chi connectivity index (χ2n) is 5.13. The standard InChI is InChI=1S/C16H12F3N5O2/c17-16(18,19)26-12-4-1-3-11(7-12)8-20-15(25)13-5-2-6-14(23-13)24-9-21-22-10-24/h1-7,9-10H,8H2,(H,20,25). The Labute approximate surface area is 145 Å². The second-order valence-corrected chi connectivity index (χ2v) is 5.13. The van der Waals surface area contributed by atoms with E-state index < -0.39 is 12.3 Å². The molecule has 0 bridgehead atoms. The molecule has 0 radical (unpaired) electrons. The number of carbonyl (C=O) groups excluding carboxylic acids is 1. The first-order valence-corrected chi connectivity index (χ1v) is 7.36. The van der Waals surface area contributed by atoms with E-state index in [2.05, 4.69) is 25.2 Å². The van der Waals surface area contributed by atoms with Gasteiger partial charge < -0.3 is 10.1 Å². The van der Waals surface area contributed by atoms with Crippen LogP contribution in [-0.4, -0.2) is 32.0 Å². The van der Waals surface area contributed by atoms with Gasteiger partial charge in [0.1, 0.15) is 29.9 Å². The molecule has 1 aromatic carbocycles. The first-order chi connectivity index (χ1) is 12.4. The number of ether oxygens (including phenoxy) is 1. The van der Waals surface area contributed by atoms with E-state index in [4.69, 9.17) is 0 Å². The van der Waals surface area contributed by atoms with Crippen molar-refractivity contribution in [3.05, 3.63) is 66.4 Å². The Bertz CT molecular complexity index is 897. The Kier molecular flexibility index (Phi) is 4.83. The van der Waals surface area contributed by atoms with Gasteiger partial charge in [-0.2, -0.15) is 0 Å². The third-order valence-corrected chi connectivity index (χ3v) is 3.24. The number of nitrogens with zero attached hydrogens (tertiary/aromatic N) is 4. The third kappa shape index (κ3) is 4.56. The predicted octanol–water partition coefficient (Wildman–Crippen LogP) is 2.49. The van der Waals surface area contributed by atoms with E-state index in [-0.39, 0.29) is 18.0 Å². The molecule has 10 heteroatoms. The number of halogens is 3. The number of aromatic nitrogens is 4. The molecular weight excluding hydrogens is 351 g/mol. The van der Waals surface area contributed by atoms with Crippen molar-refractivity contribution in [1.29, 1.82) is 0 Å². The number of pyridine rings is 1. The minimum absolute atomic E-state index is 0.0203. The van der Waals surface area contributed by atoms with Gasteiger partial charge in [-0.15, -0.1) is 23.4 Å². The van der Waals surface area contributed by atoms with Crippen LogP contribution in [-0.2, 0) is 6.54 Å². The van der Waals surface area contributed by atoms with Crippen LogP contribution in [0.4, 0.5) is 13.2 Å². The molecule has 1 N–H and O–H groups in total. The lowest BCUT2D eigenvalue weighted by molar-refractivity contribution is -0.274. The summed E-state index contributed by atoms with van der Waals surface area (Å²) in [5, 5.41) is 9.93. The molecule has 0 fully saturated rings. The summed E-state index contributed by atoms with van der Waals surface area (Å²) in [5.41, 5.74) is 0.606. The van der Waals surface area contributed by atoms with Crippen LogP contribution in [0.2, 0.25) is 0 Å².